The molecule has 37 heavy (non-hydrogen) atoms. The fraction of sp³-hybridized carbons (Fsp3) is 0.567. The van der Waals surface area contributed by atoms with Crippen molar-refractivity contribution in [3.8, 4) is 11.1 Å². The highest BCUT2D eigenvalue weighted by molar-refractivity contribution is 5.95. The summed E-state index contributed by atoms with van der Waals surface area (Å²) in [5.41, 5.74) is 5.80. The van der Waals surface area contributed by atoms with Crippen LogP contribution in [0.4, 0.5) is 5.69 Å². The number of hydrogen-bond donors (Lipinski definition) is 3. The van der Waals surface area contributed by atoms with Gasteiger partial charge in [-0.05, 0) is 83.4 Å². The maximum absolute atomic E-state index is 12.4. The van der Waals surface area contributed by atoms with Crippen LogP contribution in [-0.2, 0) is 11.2 Å². The first kappa shape index (κ1) is 28.6. The summed E-state index contributed by atoms with van der Waals surface area (Å²) in [6, 6.07) is 7.95. The lowest BCUT2D eigenvalue weighted by atomic mass is 9.82. The van der Waals surface area contributed by atoms with Crippen molar-refractivity contribution in [2.45, 2.75) is 92.2 Å². The van der Waals surface area contributed by atoms with Gasteiger partial charge in [-0.1, -0.05) is 26.0 Å². The first-order chi connectivity index (χ1) is 17.1. The molecule has 1 aliphatic heterocycles. The summed E-state index contributed by atoms with van der Waals surface area (Å²) in [7, 11) is 0. The van der Waals surface area contributed by atoms with Crippen LogP contribution in [0, 0.1) is 19.3 Å². The van der Waals surface area contributed by atoms with Gasteiger partial charge in [0.15, 0.2) is 0 Å². The SMILES string of the molecule is CC(C)(C)O.Cc1nc(C)c(-c2ccc(C(=O)NC3CC3)cc2)c(N2CCC(C)(C)CC2)c1CC(=O)O. The van der Waals surface area contributed by atoms with Crippen molar-refractivity contribution in [2.24, 2.45) is 5.41 Å². The van der Waals surface area contributed by atoms with Crippen LogP contribution in [-0.4, -0.2) is 51.8 Å². The van der Waals surface area contributed by atoms with E-state index in [-0.39, 0.29) is 17.7 Å². The van der Waals surface area contributed by atoms with Gasteiger partial charge in [-0.15, -0.1) is 0 Å². The average Bonchev–Trinajstić information content (AvgIpc) is 3.58. The van der Waals surface area contributed by atoms with Crippen molar-refractivity contribution in [1.82, 2.24) is 10.3 Å². The van der Waals surface area contributed by atoms with E-state index in [0.29, 0.717) is 11.6 Å². The average molecular weight is 510 g/mol. The molecule has 4 rings (SSSR count). The Morgan fingerprint density at radius 2 is 1.59 bits per heavy atom. The number of carboxylic acid groups (broad SMARTS) is 1. The summed E-state index contributed by atoms with van der Waals surface area (Å²) in [6.45, 7) is 15.5. The highest BCUT2D eigenvalue weighted by Gasteiger charge is 2.30. The first-order valence-electron chi connectivity index (χ1n) is 13.2. The third-order valence-electron chi connectivity index (χ3n) is 6.77. The van der Waals surface area contributed by atoms with Gasteiger partial charge >= 0.3 is 5.97 Å². The lowest BCUT2D eigenvalue weighted by Gasteiger charge is -2.40. The van der Waals surface area contributed by atoms with E-state index in [0.717, 1.165) is 72.5 Å². The topological polar surface area (TPSA) is 103 Å². The van der Waals surface area contributed by atoms with Gasteiger partial charge in [0.2, 0.25) is 0 Å². The van der Waals surface area contributed by atoms with Crippen LogP contribution < -0.4 is 10.2 Å². The van der Waals surface area contributed by atoms with E-state index >= 15 is 0 Å². The molecule has 3 N–H and O–H groups in total. The Kier molecular flexibility index (Phi) is 8.68. The summed E-state index contributed by atoms with van der Waals surface area (Å²) >= 11 is 0. The second kappa shape index (κ2) is 11.2. The van der Waals surface area contributed by atoms with Crippen LogP contribution in [0.1, 0.15) is 87.6 Å². The Morgan fingerprint density at radius 1 is 1.05 bits per heavy atom. The lowest BCUT2D eigenvalue weighted by Crippen LogP contribution is -2.38. The zero-order valence-electron chi connectivity index (χ0n) is 23.4. The molecule has 7 heteroatoms. The van der Waals surface area contributed by atoms with E-state index in [4.69, 9.17) is 10.1 Å². The Labute approximate surface area is 221 Å². The summed E-state index contributed by atoms with van der Waals surface area (Å²) in [5.74, 6) is -0.891. The quantitative estimate of drug-likeness (QED) is 0.489. The molecule has 0 radical (unpaired) electrons. The minimum Gasteiger partial charge on any atom is -0.481 e. The monoisotopic (exact) mass is 509 g/mol. The number of anilines is 1. The molecular weight excluding hydrogens is 466 g/mol. The number of aliphatic hydroxyl groups is 1. The van der Waals surface area contributed by atoms with Crippen LogP contribution in [0.3, 0.4) is 0 Å². The van der Waals surface area contributed by atoms with Gasteiger partial charge in [0.05, 0.1) is 17.7 Å². The molecule has 1 saturated heterocycles. The predicted octanol–water partition coefficient (Wildman–Crippen LogP) is 5.29. The van der Waals surface area contributed by atoms with E-state index in [9.17, 15) is 14.7 Å². The van der Waals surface area contributed by atoms with E-state index in [1.54, 1.807) is 20.8 Å². The van der Waals surface area contributed by atoms with Gasteiger partial charge in [-0.2, -0.15) is 0 Å². The Balaban J connectivity index is 0.000000695. The van der Waals surface area contributed by atoms with E-state index in [1.807, 2.05) is 38.1 Å². The number of piperidine rings is 1. The molecule has 2 heterocycles. The number of carbonyl (C=O) groups is 2. The largest absolute Gasteiger partial charge is 0.481 e. The minimum absolute atomic E-state index is 0.0390. The van der Waals surface area contributed by atoms with Crippen molar-refractivity contribution in [1.29, 1.82) is 0 Å². The van der Waals surface area contributed by atoms with Crippen LogP contribution in [0.2, 0.25) is 0 Å². The molecular formula is C30H43N3O4. The second-order valence-electron chi connectivity index (χ2n) is 12.2. The minimum atomic E-state index is -0.851. The fourth-order valence-corrected chi connectivity index (χ4v) is 4.55. The van der Waals surface area contributed by atoms with Crippen molar-refractivity contribution in [3.05, 3.63) is 46.8 Å². The third-order valence-corrected chi connectivity index (χ3v) is 6.77. The number of aryl methyl sites for hydroxylation is 2. The number of amides is 1. The predicted molar refractivity (Wildman–Crippen MR) is 148 cm³/mol. The van der Waals surface area contributed by atoms with Gasteiger partial charge < -0.3 is 20.4 Å². The van der Waals surface area contributed by atoms with Gasteiger partial charge in [0.25, 0.3) is 5.91 Å². The number of aliphatic carboxylic acids is 1. The molecule has 202 valence electrons. The highest BCUT2D eigenvalue weighted by Crippen LogP contribution is 2.41. The van der Waals surface area contributed by atoms with Crippen LogP contribution in [0.5, 0.6) is 0 Å². The molecule has 0 bridgehead atoms. The molecule has 0 atom stereocenters. The molecule has 1 aromatic heterocycles. The van der Waals surface area contributed by atoms with E-state index in [2.05, 4.69) is 24.1 Å². The van der Waals surface area contributed by atoms with Crippen LogP contribution in [0.15, 0.2) is 24.3 Å². The van der Waals surface area contributed by atoms with E-state index in [1.165, 1.54) is 0 Å². The maximum atomic E-state index is 12.4. The lowest BCUT2D eigenvalue weighted by molar-refractivity contribution is -0.136. The molecule has 0 spiro atoms. The summed E-state index contributed by atoms with van der Waals surface area (Å²) < 4.78 is 0. The Hall–Kier alpha value is -2.93. The second-order valence-corrected chi connectivity index (χ2v) is 12.2. The molecule has 1 saturated carbocycles. The number of carbonyl (C=O) groups excluding carboxylic acids is 1. The standard InChI is InChI=1S/C26H33N3O3.C4H10O/c1-16-21(15-22(30)31)24(29-13-11-26(3,4)12-14-29)23(17(2)27-16)18-5-7-19(8-6-18)25(32)28-20-9-10-20;1-4(2,3)5/h5-8,20H,9-15H2,1-4H3,(H,28,32)(H,30,31);5H,1-3H3. The zero-order chi connectivity index (χ0) is 27.5. The Bertz CT molecular complexity index is 1110. The van der Waals surface area contributed by atoms with Gasteiger partial charge in [-0.3, -0.25) is 14.6 Å². The summed E-state index contributed by atoms with van der Waals surface area (Å²) in [6.07, 6.45) is 4.17. The van der Waals surface area contributed by atoms with Gasteiger partial charge in [-0.25, -0.2) is 0 Å². The number of aromatic nitrogens is 1. The molecule has 0 unspecified atom stereocenters. The van der Waals surface area contributed by atoms with Gasteiger partial charge in [0.1, 0.15) is 0 Å². The third kappa shape index (κ3) is 8.29. The van der Waals surface area contributed by atoms with E-state index < -0.39 is 11.6 Å². The van der Waals surface area contributed by atoms with Crippen molar-refractivity contribution < 1.29 is 19.8 Å². The van der Waals surface area contributed by atoms with Crippen LogP contribution in [0.25, 0.3) is 11.1 Å². The normalized spacial score (nSPS) is 17.0. The highest BCUT2D eigenvalue weighted by atomic mass is 16.4. The molecule has 1 amide bonds. The van der Waals surface area contributed by atoms with Crippen LogP contribution >= 0.6 is 0 Å². The smallest absolute Gasteiger partial charge is 0.307 e. The molecule has 1 aliphatic carbocycles. The summed E-state index contributed by atoms with van der Waals surface area (Å²) in [5, 5.41) is 21.2. The number of nitrogens with zero attached hydrogens (tertiary/aromatic N) is 2. The maximum Gasteiger partial charge on any atom is 0.307 e. The number of hydrogen-bond acceptors (Lipinski definition) is 5. The van der Waals surface area contributed by atoms with Crippen molar-refractivity contribution in [3.63, 3.8) is 0 Å². The number of benzene rings is 1. The van der Waals surface area contributed by atoms with Gasteiger partial charge in [0, 0.05) is 47.2 Å². The number of nitrogens with one attached hydrogen (secondary N) is 1. The van der Waals surface area contributed by atoms with Crippen molar-refractivity contribution >= 4 is 17.6 Å². The van der Waals surface area contributed by atoms with Crippen molar-refractivity contribution in [2.75, 3.05) is 18.0 Å². The molecule has 2 aromatic rings. The molecule has 2 aliphatic rings. The molecule has 2 fully saturated rings. The Morgan fingerprint density at radius 3 is 2.08 bits per heavy atom. The summed E-state index contributed by atoms with van der Waals surface area (Å²) in [4.78, 5) is 31.2. The first-order valence-corrected chi connectivity index (χ1v) is 13.2. The number of pyridine rings is 1. The zero-order valence-corrected chi connectivity index (χ0v) is 23.4. The molecule has 7 nitrogen and oxygen atoms in total. The number of carboxylic acids is 1. The fourth-order valence-electron chi connectivity index (χ4n) is 4.55. The molecule has 1 aromatic carbocycles. The number of rotatable bonds is 6.